The van der Waals surface area contributed by atoms with Crippen LogP contribution in [0.15, 0.2) is 47.1 Å². The van der Waals surface area contributed by atoms with Crippen molar-refractivity contribution in [1.82, 2.24) is 5.32 Å². The van der Waals surface area contributed by atoms with Crippen LogP contribution in [0.4, 0.5) is 5.69 Å². The third kappa shape index (κ3) is 3.69. The van der Waals surface area contributed by atoms with E-state index in [0.717, 1.165) is 0 Å². The molecule has 0 saturated carbocycles. The summed E-state index contributed by atoms with van der Waals surface area (Å²) in [5.74, 6) is -1.52. The number of nitrogens with two attached hydrogens (primary N) is 1. The van der Waals surface area contributed by atoms with E-state index in [1.165, 1.54) is 18.4 Å². The van der Waals surface area contributed by atoms with E-state index in [9.17, 15) is 14.4 Å². The summed E-state index contributed by atoms with van der Waals surface area (Å²) in [4.78, 5) is 34.5. The van der Waals surface area contributed by atoms with E-state index < -0.39 is 17.7 Å². The summed E-state index contributed by atoms with van der Waals surface area (Å²) in [6.07, 6.45) is 1.36. The van der Waals surface area contributed by atoms with Crippen molar-refractivity contribution < 1.29 is 18.8 Å². The highest BCUT2D eigenvalue weighted by molar-refractivity contribution is 6.04. The minimum atomic E-state index is -0.648. The minimum Gasteiger partial charge on any atom is -0.459 e. The fourth-order valence-corrected chi connectivity index (χ4v) is 1.66. The molecule has 0 aliphatic heterocycles. The Kier molecular flexibility index (Phi) is 4.35. The number of carbonyl (C=O) groups is 3. The van der Waals surface area contributed by atoms with Crippen LogP contribution in [0.5, 0.6) is 0 Å². The topological polar surface area (TPSA) is 114 Å². The van der Waals surface area contributed by atoms with E-state index in [-0.39, 0.29) is 17.9 Å². The van der Waals surface area contributed by atoms with E-state index in [1.54, 1.807) is 24.3 Å². The highest BCUT2D eigenvalue weighted by atomic mass is 16.3. The van der Waals surface area contributed by atoms with Gasteiger partial charge in [-0.05, 0) is 24.3 Å². The molecule has 0 bridgehead atoms. The van der Waals surface area contributed by atoms with Crippen LogP contribution in [0.2, 0.25) is 0 Å². The van der Waals surface area contributed by atoms with Crippen LogP contribution in [0, 0.1) is 0 Å². The van der Waals surface area contributed by atoms with Crippen molar-refractivity contribution in [3.63, 3.8) is 0 Å². The summed E-state index contributed by atoms with van der Waals surface area (Å²) < 4.78 is 4.89. The second-order valence-electron chi connectivity index (χ2n) is 4.12. The van der Waals surface area contributed by atoms with E-state index >= 15 is 0 Å². The summed E-state index contributed by atoms with van der Waals surface area (Å²) in [5.41, 5.74) is 5.70. The highest BCUT2D eigenvalue weighted by Gasteiger charge is 2.12. The van der Waals surface area contributed by atoms with Crippen LogP contribution >= 0.6 is 0 Å². The Bertz CT molecular complexity index is 665. The molecule has 4 N–H and O–H groups in total. The van der Waals surface area contributed by atoms with Gasteiger partial charge in [-0.3, -0.25) is 14.4 Å². The van der Waals surface area contributed by atoms with Gasteiger partial charge in [0, 0.05) is 0 Å². The van der Waals surface area contributed by atoms with Gasteiger partial charge < -0.3 is 20.8 Å². The first-order valence-corrected chi connectivity index (χ1v) is 6.08. The molecular weight excluding hydrogens is 274 g/mol. The van der Waals surface area contributed by atoms with E-state index in [1.807, 2.05) is 0 Å². The van der Waals surface area contributed by atoms with E-state index in [0.29, 0.717) is 5.69 Å². The lowest BCUT2D eigenvalue weighted by atomic mass is 10.1. The van der Waals surface area contributed by atoms with Gasteiger partial charge in [-0.25, -0.2) is 0 Å². The van der Waals surface area contributed by atoms with Gasteiger partial charge in [0.25, 0.3) is 11.8 Å². The summed E-state index contributed by atoms with van der Waals surface area (Å²) in [7, 11) is 0. The third-order valence-corrected chi connectivity index (χ3v) is 2.62. The number of para-hydroxylation sites is 1. The summed E-state index contributed by atoms with van der Waals surface area (Å²) >= 11 is 0. The molecule has 0 saturated heterocycles. The van der Waals surface area contributed by atoms with Crippen molar-refractivity contribution in [3.05, 3.63) is 54.0 Å². The molecule has 2 rings (SSSR count). The lowest BCUT2D eigenvalue weighted by molar-refractivity contribution is -0.115. The molecule has 1 heterocycles. The summed E-state index contributed by atoms with van der Waals surface area (Å²) in [6.45, 7) is -0.257. The molecule has 7 heteroatoms. The van der Waals surface area contributed by atoms with Crippen molar-refractivity contribution in [3.8, 4) is 0 Å². The minimum absolute atomic E-state index is 0.111. The average molecular weight is 287 g/mol. The van der Waals surface area contributed by atoms with Crippen molar-refractivity contribution >= 4 is 23.4 Å². The molecule has 0 radical (unpaired) electrons. The Balaban J connectivity index is 1.93. The van der Waals surface area contributed by atoms with Crippen LogP contribution in [0.1, 0.15) is 20.9 Å². The van der Waals surface area contributed by atoms with Gasteiger partial charge in [0.05, 0.1) is 24.1 Å². The Hall–Kier alpha value is -3.09. The van der Waals surface area contributed by atoms with Crippen molar-refractivity contribution in [1.29, 1.82) is 0 Å². The molecule has 21 heavy (non-hydrogen) atoms. The van der Waals surface area contributed by atoms with E-state index in [4.69, 9.17) is 10.2 Å². The second-order valence-corrected chi connectivity index (χ2v) is 4.12. The van der Waals surface area contributed by atoms with Gasteiger partial charge in [-0.15, -0.1) is 0 Å². The van der Waals surface area contributed by atoms with Crippen LogP contribution in [0.3, 0.4) is 0 Å². The number of benzene rings is 1. The molecule has 1 aromatic heterocycles. The predicted octanol–water partition coefficient (Wildman–Crippen LogP) is 0.747. The molecular formula is C14H13N3O4. The Labute approximate surface area is 120 Å². The summed E-state index contributed by atoms with van der Waals surface area (Å²) in [6, 6.07) is 9.39. The first kappa shape index (κ1) is 14.3. The van der Waals surface area contributed by atoms with E-state index in [2.05, 4.69) is 10.6 Å². The zero-order valence-electron chi connectivity index (χ0n) is 11.0. The van der Waals surface area contributed by atoms with Crippen LogP contribution in [0.25, 0.3) is 0 Å². The first-order valence-electron chi connectivity index (χ1n) is 6.08. The molecule has 0 fully saturated rings. The largest absolute Gasteiger partial charge is 0.459 e. The van der Waals surface area contributed by atoms with Crippen molar-refractivity contribution in [2.75, 3.05) is 11.9 Å². The van der Waals surface area contributed by atoms with Crippen LogP contribution in [-0.4, -0.2) is 24.3 Å². The van der Waals surface area contributed by atoms with Crippen molar-refractivity contribution in [2.24, 2.45) is 5.73 Å². The van der Waals surface area contributed by atoms with Gasteiger partial charge in [0.1, 0.15) is 0 Å². The molecule has 0 unspecified atom stereocenters. The Morgan fingerprint density at radius 2 is 1.86 bits per heavy atom. The molecule has 1 aromatic carbocycles. The number of furan rings is 1. The predicted molar refractivity (Wildman–Crippen MR) is 74.6 cm³/mol. The number of primary amides is 1. The monoisotopic (exact) mass is 287 g/mol. The van der Waals surface area contributed by atoms with Gasteiger partial charge in [0.2, 0.25) is 5.91 Å². The van der Waals surface area contributed by atoms with Crippen LogP contribution in [-0.2, 0) is 4.79 Å². The molecule has 7 nitrogen and oxygen atoms in total. The maximum atomic E-state index is 11.8. The number of amides is 3. The first-order chi connectivity index (χ1) is 10.1. The zero-order chi connectivity index (χ0) is 15.2. The molecule has 3 amide bonds. The third-order valence-electron chi connectivity index (χ3n) is 2.62. The zero-order valence-corrected chi connectivity index (χ0v) is 11.0. The lowest BCUT2D eigenvalue weighted by Gasteiger charge is -2.09. The average Bonchev–Trinajstić information content (AvgIpc) is 2.99. The summed E-state index contributed by atoms with van der Waals surface area (Å²) in [5, 5.41) is 4.90. The fourth-order valence-electron chi connectivity index (χ4n) is 1.66. The number of carbonyl (C=O) groups excluding carboxylic acids is 3. The standard InChI is InChI=1S/C14H13N3O4/c15-13(19)9-4-1-2-5-10(9)17-12(18)8-16-14(20)11-6-3-7-21-11/h1-7H,8H2,(H2,15,19)(H,16,20)(H,17,18). The number of hydrogen-bond acceptors (Lipinski definition) is 4. The lowest BCUT2D eigenvalue weighted by Crippen LogP contribution is -2.33. The molecule has 108 valence electrons. The molecule has 0 spiro atoms. The van der Waals surface area contributed by atoms with Gasteiger partial charge in [-0.1, -0.05) is 12.1 Å². The maximum absolute atomic E-state index is 11.8. The molecule has 0 aliphatic rings. The number of rotatable bonds is 5. The highest BCUT2D eigenvalue weighted by Crippen LogP contribution is 2.13. The molecule has 0 atom stereocenters. The van der Waals surface area contributed by atoms with Gasteiger partial charge >= 0.3 is 0 Å². The van der Waals surface area contributed by atoms with Gasteiger partial charge in [-0.2, -0.15) is 0 Å². The maximum Gasteiger partial charge on any atom is 0.287 e. The van der Waals surface area contributed by atoms with Gasteiger partial charge in [0.15, 0.2) is 5.76 Å². The normalized spacial score (nSPS) is 9.90. The quantitative estimate of drug-likeness (QED) is 0.752. The second kappa shape index (κ2) is 6.38. The van der Waals surface area contributed by atoms with Crippen molar-refractivity contribution in [2.45, 2.75) is 0 Å². The SMILES string of the molecule is NC(=O)c1ccccc1NC(=O)CNC(=O)c1ccco1. The molecule has 2 aromatic rings. The fraction of sp³-hybridized carbons (Fsp3) is 0.0714. The smallest absolute Gasteiger partial charge is 0.287 e. The Morgan fingerprint density at radius 1 is 1.10 bits per heavy atom. The Morgan fingerprint density at radius 3 is 2.52 bits per heavy atom. The number of nitrogens with one attached hydrogen (secondary N) is 2. The number of hydrogen-bond donors (Lipinski definition) is 3. The van der Waals surface area contributed by atoms with Crippen LogP contribution < -0.4 is 16.4 Å². The number of anilines is 1. The molecule has 0 aliphatic carbocycles.